The SMILES string of the molecule is O=C(CCn1ccc2ccccc21)N1CCCC(c2ccn[nH]2)C1. The lowest BCUT2D eigenvalue weighted by molar-refractivity contribution is -0.132. The number of benzene rings is 1. The highest BCUT2D eigenvalue weighted by Crippen LogP contribution is 2.25. The van der Waals surface area contributed by atoms with Crippen molar-refractivity contribution >= 4 is 16.8 Å². The van der Waals surface area contributed by atoms with Gasteiger partial charge in [0.15, 0.2) is 0 Å². The zero-order valence-electron chi connectivity index (χ0n) is 13.7. The second-order valence-electron chi connectivity index (χ2n) is 6.51. The summed E-state index contributed by atoms with van der Waals surface area (Å²) in [5.74, 6) is 0.634. The predicted molar refractivity (Wildman–Crippen MR) is 93.7 cm³/mol. The molecule has 5 heteroatoms. The Kier molecular flexibility index (Phi) is 4.07. The van der Waals surface area contributed by atoms with Gasteiger partial charge >= 0.3 is 0 Å². The van der Waals surface area contributed by atoms with Gasteiger partial charge in [-0.3, -0.25) is 9.89 Å². The lowest BCUT2D eigenvalue weighted by Crippen LogP contribution is -2.39. The Hall–Kier alpha value is -2.56. The van der Waals surface area contributed by atoms with Crippen LogP contribution in [0.3, 0.4) is 0 Å². The van der Waals surface area contributed by atoms with Crippen LogP contribution in [0.15, 0.2) is 48.8 Å². The number of hydrogen-bond donors (Lipinski definition) is 1. The first-order valence-electron chi connectivity index (χ1n) is 8.62. The Bertz CT molecular complexity index is 821. The minimum absolute atomic E-state index is 0.247. The Labute approximate surface area is 141 Å². The molecule has 1 aromatic carbocycles. The minimum atomic E-state index is 0.247. The van der Waals surface area contributed by atoms with Gasteiger partial charge in [0, 0.05) is 55.6 Å². The van der Waals surface area contributed by atoms with Gasteiger partial charge in [0.05, 0.1) is 0 Å². The number of para-hydroxylation sites is 1. The Morgan fingerprint density at radius 2 is 2.17 bits per heavy atom. The van der Waals surface area contributed by atoms with Crippen molar-refractivity contribution in [3.8, 4) is 0 Å². The van der Waals surface area contributed by atoms with Crippen molar-refractivity contribution in [3.05, 3.63) is 54.5 Å². The molecule has 0 aliphatic carbocycles. The number of carbonyl (C=O) groups is 1. The number of piperidine rings is 1. The first-order chi connectivity index (χ1) is 11.8. The van der Waals surface area contributed by atoms with Crippen LogP contribution in [0.5, 0.6) is 0 Å². The van der Waals surface area contributed by atoms with E-state index in [1.54, 1.807) is 6.20 Å². The van der Waals surface area contributed by atoms with E-state index in [0.29, 0.717) is 12.3 Å². The Balaban J connectivity index is 1.39. The summed E-state index contributed by atoms with van der Waals surface area (Å²) in [7, 11) is 0. The van der Waals surface area contributed by atoms with Crippen LogP contribution >= 0.6 is 0 Å². The number of hydrogen-bond acceptors (Lipinski definition) is 2. The number of aromatic amines is 1. The van der Waals surface area contributed by atoms with Gasteiger partial charge in [-0.15, -0.1) is 0 Å². The third kappa shape index (κ3) is 2.94. The molecule has 5 nitrogen and oxygen atoms in total. The van der Waals surface area contributed by atoms with Gasteiger partial charge in [-0.05, 0) is 36.4 Å². The van der Waals surface area contributed by atoms with E-state index in [9.17, 15) is 4.79 Å². The molecule has 0 saturated carbocycles. The molecule has 1 fully saturated rings. The maximum absolute atomic E-state index is 12.6. The van der Waals surface area contributed by atoms with E-state index in [4.69, 9.17) is 0 Å². The predicted octanol–water partition coefficient (Wildman–Crippen LogP) is 3.16. The molecule has 1 aliphatic heterocycles. The molecule has 1 atom stereocenters. The van der Waals surface area contributed by atoms with Crippen LogP contribution in [0.25, 0.3) is 10.9 Å². The number of amides is 1. The van der Waals surface area contributed by atoms with Crippen LogP contribution in [0.4, 0.5) is 0 Å². The standard InChI is InChI=1S/C19H22N4O/c24-19(9-13-22-12-8-15-4-1-2-6-18(15)22)23-11-3-5-16(14-23)17-7-10-20-21-17/h1-2,4,6-8,10,12,16H,3,5,9,11,13-14H2,(H,20,21). The number of rotatable bonds is 4. The summed E-state index contributed by atoms with van der Waals surface area (Å²) in [5.41, 5.74) is 2.34. The molecule has 0 bridgehead atoms. The van der Waals surface area contributed by atoms with Crippen LogP contribution in [0.2, 0.25) is 0 Å². The maximum atomic E-state index is 12.6. The van der Waals surface area contributed by atoms with Crippen LogP contribution < -0.4 is 0 Å². The van der Waals surface area contributed by atoms with Gasteiger partial charge in [0.25, 0.3) is 0 Å². The Morgan fingerprint density at radius 1 is 1.25 bits per heavy atom. The van der Waals surface area contributed by atoms with Crippen molar-refractivity contribution in [1.82, 2.24) is 19.7 Å². The molecular weight excluding hydrogens is 300 g/mol. The highest BCUT2D eigenvalue weighted by molar-refractivity contribution is 5.80. The topological polar surface area (TPSA) is 53.9 Å². The van der Waals surface area contributed by atoms with E-state index in [2.05, 4.69) is 39.2 Å². The van der Waals surface area contributed by atoms with Crippen LogP contribution in [0, 0.1) is 0 Å². The van der Waals surface area contributed by atoms with Gasteiger partial charge in [-0.1, -0.05) is 18.2 Å². The number of aromatic nitrogens is 3. The molecule has 3 heterocycles. The average molecular weight is 322 g/mol. The summed E-state index contributed by atoms with van der Waals surface area (Å²) in [6.45, 7) is 2.40. The number of carbonyl (C=O) groups excluding carboxylic acids is 1. The summed E-state index contributed by atoms with van der Waals surface area (Å²) in [4.78, 5) is 14.6. The molecule has 1 amide bonds. The van der Waals surface area contributed by atoms with Gasteiger partial charge in [0.2, 0.25) is 5.91 Å². The molecule has 0 spiro atoms. The number of likely N-dealkylation sites (tertiary alicyclic amines) is 1. The minimum Gasteiger partial charge on any atom is -0.347 e. The molecule has 2 aromatic heterocycles. The monoisotopic (exact) mass is 322 g/mol. The van der Waals surface area contributed by atoms with Crippen molar-refractivity contribution in [2.75, 3.05) is 13.1 Å². The molecular formula is C19H22N4O. The zero-order chi connectivity index (χ0) is 16.4. The normalized spacial score (nSPS) is 18.2. The fourth-order valence-electron chi connectivity index (χ4n) is 3.66. The number of nitrogens with one attached hydrogen (secondary N) is 1. The molecule has 1 aliphatic rings. The molecule has 24 heavy (non-hydrogen) atoms. The van der Waals surface area contributed by atoms with Crippen molar-refractivity contribution in [2.24, 2.45) is 0 Å². The molecule has 1 unspecified atom stereocenters. The Morgan fingerprint density at radius 3 is 3.04 bits per heavy atom. The van der Waals surface area contributed by atoms with Gasteiger partial charge in [0.1, 0.15) is 0 Å². The van der Waals surface area contributed by atoms with Crippen molar-refractivity contribution in [2.45, 2.75) is 31.7 Å². The molecule has 1 saturated heterocycles. The van der Waals surface area contributed by atoms with E-state index < -0.39 is 0 Å². The number of nitrogens with zero attached hydrogens (tertiary/aromatic N) is 3. The number of aryl methyl sites for hydroxylation is 1. The lowest BCUT2D eigenvalue weighted by atomic mass is 9.95. The number of fused-ring (bicyclic) bond motifs is 1. The molecule has 0 radical (unpaired) electrons. The summed E-state index contributed by atoms with van der Waals surface area (Å²) < 4.78 is 2.17. The second-order valence-corrected chi connectivity index (χ2v) is 6.51. The molecule has 1 N–H and O–H groups in total. The fourth-order valence-corrected chi connectivity index (χ4v) is 3.66. The quantitative estimate of drug-likeness (QED) is 0.802. The van der Waals surface area contributed by atoms with Crippen LogP contribution in [0.1, 0.15) is 30.9 Å². The van der Waals surface area contributed by atoms with E-state index in [-0.39, 0.29) is 5.91 Å². The van der Waals surface area contributed by atoms with Crippen molar-refractivity contribution < 1.29 is 4.79 Å². The van der Waals surface area contributed by atoms with Crippen molar-refractivity contribution in [1.29, 1.82) is 0 Å². The summed E-state index contributed by atoms with van der Waals surface area (Å²) in [6, 6.07) is 12.4. The van der Waals surface area contributed by atoms with E-state index in [1.807, 2.05) is 23.1 Å². The van der Waals surface area contributed by atoms with E-state index >= 15 is 0 Å². The third-order valence-electron chi connectivity index (χ3n) is 4.98. The van der Waals surface area contributed by atoms with Gasteiger partial charge in [-0.25, -0.2) is 0 Å². The smallest absolute Gasteiger partial charge is 0.224 e. The third-order valence-corrected chi connectivity index (χ3v) is 4.98. The summed E-state index contributed by atoms with van der Waals surface area (Å²) in [6.07, 6.45) is 6.58. The largest absolute Gasteiger partial charge is 0.347 e. The first kappa shape index (κ1) is 15.0. The first-order valence-corrected chi connectivity index (χ1v) is 8.62. The maximum Gasteiger partial charge on any atom is 0.224 e. The molecule has 124 valence electrons. The van der Waals surface area contributed by atoms with E-state index in [1.165, 1.54) is 10.9 Å². The molecule has 4 rings (SSSR count). The van der Waals surface area contributed by atoms with Crippen LogP contribution in [-0.4, -0.2) is 38.7 Å². The van der Waals surface area contributed by atoms with Crippen molar-refractivity contribution in [3.63, 3.8) is 0 Å². The highest BCUT2D eigenvalue weighted by Gasteiger charge is 2.25. The molecule has 3 aromatic rings. The van der Waals surface area contributed by atoms with Gasteiger partial charge in [-0.2, -0.15) is 5.10 Å². The lowest BCUT2D eigenvalue weighted by Gasteiger charge is -2.32. The average Bonchev–Trinajstić information content (AvgIpc) is 3.30. The summed E-state index contributed by atoms with van der Waals surface area (Å²) >= 11 is 0. The van der Waals surface area contributed by atoms with Crippen LogP contribution in [-0.2, 0) is 11.3 Å². The highest BCUT2D eigenvalue weighted by atomic mass is 16.2. The van der Waals surface area contributed by atoms with Gasteiger partial charge < -0.3 is 9.47 Å². The number of H-pyrrole nitrogens is 1. The fraction of sp³-hybridized carbons (Fsp3) is 0.368. The summed E-state index contributed by atoms with van der Waals surface area (Å²) in [5, 5.41) is 8.31. The second kappa shape index (κ2) is 6.51. The zero-order valence-corrected chi connectivity index (χ0v) is 13.7. The van der Waals surface area contributed by atoms with E-state index in [0.717, 1.165) is 38.2 Å².